The van der Waals surface area contributed by atoms with Crippen molar-refractivity contribution in [1.29, 1.82) is 0 Å². The number of rotatable bonds is 7. The number of nitrogens with zero attached hydrogens (tertiary/aromatic N) is 1. The number of amides is 2. The first kappa shape index (κ1) is 21.2. The predicted molar refractivity (Wildman–Crippen MR) is 106 cm³/mol. The van der Waals surface area contributed by atoms with Crippen molar-refractivity contribution in [1.82, 2.24) is 10.2 Å². The van der Waals surface area contributed by atoms with E-state index in [-0.39, 0.29) is 17.5 Å². The molecule has 8 heteroatoms. The van der Waals surface area contributed by atoms with Gasteiger partial charge in [0.25, 0.3) is 11.8 Å². The van der Waals surface area contributed by atoms with Crippen LogP contribution in [0.25, 0.3) is 0 Å². The standard InChI is InChI=1S/C21H21F3N2O2S/c1-29-18-5-3-2-4-17(18)20(28)26(16-10-11-16)12-14-6-8-15(9-7-14)19(27)25-13-21(22,23)24/h2-9,16H,10-13H2,1H3,(H,25,27). The molecule has 29 heavy (non-hydrogen) atoms. The molecule has 2 aromatic rings. The van der Waals surface area contributed by atoms with Crippen LogP contribution in [0.4, 0.5) is 13.2 Å². The molecule has 0 radical (unpaired) electrons. The van der Waals surface area contributed by atoms with Gasteiger partial charge >= 0.3 is 6.18 Å². The summed E-state index contributed by atoms with van der Waals surface area (Å²) in [6.07, 6.45) is -0.625. The molecule has 0 bridgehead atoms. The van der Waals surface area contributed by atoms with Crippen molar-refractivity contribution >= 4 is 23.6 Å². The smallest absolute Gasteiger partial charge is 0.343 e. The number of hydrogen-bond donors (Lipinski definition) is 1. The molecule has 1 N–H and O–H groups in total. The summed E-state index contributed by atoms with van der Waals surface area (Å²) in [6.45, 7) is -0.983. The highest BCUT2D eigenvalue weighted by Gasteiger charge is 2.34. The molecule has 154 valence electrons. The average molecular weight is 422 g/mol. The largest absolute Gasteiger partial charge is 0.405 e. The van der Waals surface area contributed by atoms with Crippen molar-refractivity contribution < 1.29 is 22.8 Å². The van der Waals surface area contributed by atoms with E-state index in [2.05, 4.69) is 0 Å². The van der Waals surface area contributed by atoms with Gasteiger partial charge in [-0.3, -0.25) is 9.59 Å². The average Bonchev–Trinajstić information content (AvgIpc) is 3.54. The summed E-state index contributed by atoms with van der Waals surface area (Å²) >= 11 is 1.52. The maximum atomic E-state index is 13.1. The lowest BCUT2D eigenvalue weighted by molar-refractivity contribution is -0.123. The van der Waals surface area contributed by atoms with E-state index in [1.807, 2.05) is 40.7 Å². The number of halogens is 3. The SMILES string of the molecule is CSc1ccccc1C(=O)N(Cc1ccc(C(=O)NCC(F)(F)F)cc1)C1CC1. The lowest BCUT2D eigenvalue weighted by Crippen LogP contribution is -2.34. The third-order valence-corrected chi connectivity index (χ3v) is 5.40. The summed E-state index contributed by atoms with van der Waals surface area (Å²) in [4.78, 5) is 27.7. The molecule has 1 saturated carbocycles. The molecule has 0 spiro atoms. The fraction of sp³-hybridized carbons (Fsp3) is 0.333. The van der Waals surface area contributed by atoms with Crippen LogP contribution in [0.15, 0.2) is 53.4 Å². The number of alkyl halides is 3. The van der Waals surface area contributed by atoms with Crippen LogP contribution in [0.3, 0.4) is 0 Å². The molecular formula is C21H21F3N2O2S. The maximum Gasteiger partial charge on any atom is 0.405 e. The van der Waals surface area contributed by atoms with E-state index in [0.29, 0.717) is 12.1 Å². The first-order valence-corrected chi connectivity index (χ1v) is 10.4. The molecule has 2 aromatic carbocycles. The Labute approximate surface area is 171 Å². The van der Waals surface area contributed by atoms with Crippen molar-refractivity contribution in [3.63, 3.8) is 0 Å². The highest BCUT2D eigenvalue weighted by molar-refractivity contribution is 7.98. The molecule has 1 aliphatic carbocycles. The van der Waals surface area contributed by atoms with E-state index < -0.39 is 18.6 Å². The molecule has 1 fully saturated rings. The highest BCUT2D eigenvalue weighted by Crippen LogP contribution is 2.31. The molecule has 0 aliphatic heterocycles. The van der Waals surface area contributed by atoms with Gasteiger partial charge in [-0.2, -0.15) is 13.2 Å². The zero-order chi connectivity index (χ0) is 21.0. The normalized spacial score (nSPS) is 13.8. The monoisotopic (exact) mass is 422 g/mol. The van der Waals surface area contributed by atoms with Crippen molar-refractivity contribution in [2.75, 3.05) is 12.8 Å². The summed E-state index contributed by atoms with van der Waals surface area (Å²) < 4.78 is 36.7. The maximum absolute atomic E-state index is 13.1. The van der Waals surface area contributed by atoms with Crippen molar-refractivity contribution in [3.8, 4) is 0 Å². The van der Waals surface area contributed by atoms with Crippen molar-refractivity contribution in [2.45, 2.75) is 36.5 Å². The molecule has 0 heterocycles. The zero-order valence-electron chi connectivity index (χ0n) is 15.8. The first-order valence-electron chi connectivity index (χ1n) is 9.16. The quantitative estimate of drug-likeness (QED) is 0.668. The molecule has 4 nitrogen and oxygen atoms in total. The number of carbonyl (C=O) groups is 2. The van der Waals surface area contributed by atoms with E-state index in [9.17, 15) is 22.8 Å². The second kappa shape index (κ2) is 8.90. The van der Waals surface area contributed by atoms with Crippen LogP contribution in [-0.2, 0) is 6.54 Å². The van der Waals surface area contributed by atoms with Crippen LogP contribution in [0.5, 0.6) is 0 Å². The van der Waals surface area contributed by atoms with Gasteiger partial charge in [0.1, 0.15) is 6.54 Å². The first-order chi connectivity index (χ1) is 13.8. The van der Waals surface area contributed by atoms with E-state index in [1.165, 1.54) is 23.9 Å². The summed E-state index contributed by atoms with van der Waals surface area (Å²) in [5.41, 5.74) is 1.63. The molecule has 1 aliphatic rings. The summed E-state index contributed by atoms with van der Waals surface area (Å²) in [7, 11) is 0. The van der Waals surface area contributed by atoms with Gasteiger partial charge in [-0.25, -0.2) is 0 Å². The number of nitrogens with one attached hydrogen (secondary N) is 1. The van der Waals surface area contributed by atoms with Crippen LogP contribution in [-0.4, -0.2) is 41.7 Å². The topological polar surface area (TPSA) is 49.4 Å². The van der Waals surface area contributed by atoms with Crippen LogP contribution >= 0.6 is 11.8 Å². The minimum absolute atomic E-state index is 0.0375. The van der Waals surface area contributed by atoms with Gasteiger partial charge < -0.3 is 10.2 Å². The lowest BCUT2D eigenvalue weighted by atomic mass is 10.1. The zero-order valence-corrected chi connectivity index (χ0v) is 16.6. The Kier molecular flexibility index (Phi) is 6.52. The second-order valence-corrected chi connectivity index (χ2v) is 7.71. The van der Waals surface area contributed by atoms with Gasteiger partial charge in [-0.1, -0.05) is 24.3 Å². The third-order valence-electron chi connectivity index (χ3n) is 4.60. The molecule has 3 rings (SSSR count). The summed E-state index contributed by atoms with van der Waals surface area (Å²) in [5, 5.41) is 1.85. The Hall–Kier alpha value is -2.48. The van der Waals surface area contributed by atoms with Gasteiger partial charge in [0.2, 0.25) is 0 Å². The van der Waals surface area contributed by atoms with E-state index in [4.69, 9.17) is 0 Å². The van der Waals surface area contributed by atoms with Crippen molar-refractivity contribution in [3.05, 3.63) is 65.2 Å². The van der Waals surface area contributed by atoms with E-state index >= 15 is 0 Å². The van der Waals surface area contributed by atoms with Gasteiger partial charge in [0.05, 0.1) is 5.56 Å². The third kappa shape index (κ3) is 5.76. The fourth-order valence-electron chi connectivity index (χ4n) is 2.97. The van der Waals surface area contributed by atoms with E-state index in [0.717, 1.165) is 23.3 Å². The summed E-state index contributed by atoms with van der Waals surface area (Å²) in [6, 6.07) is 14.0. The minimum atomic E-state index is -4.45. The fourth-order valence-corrected chi connectivity index (χ4v) is 3.56. The van der Waals surface area contributed by atoms with Crippen LogP contribution in [0.1, 0.15) is 39.1 Å². The number of thioether (sulfide) groups is 1. The molecule has 0 unspecified atom stereocenters. The number of carbonyl (C=O) groups excluding carboxylic acids is 2. The summed E-state index contributed by atoms with van der Waals surface area (Å²) in [5.74, 6) is -0.817. The highest BCUT2D eigenvalue weighted by atomic mass is 32.2. The molecule has 0 atom stereocenters. The van der Waals surface area contributed by atoms with E-state index in [1.54, 1.807) is 12.1 Å². The van der Waals surface area contributed by atoms with Crippen LogP contribution in [0, 0.1) is 0 Å². The van der Waals surface area contributed by atoms with Gasteiger partial charge in [-0.15, -0.1) is 11.8 Å². The Bertz CT molecular complexity index is 880. The Morgan fingerprint density at radius 2 is 1.76 bits per heavy atom. The van der Waals surface area contributed by atoms with Crippen LogP contribution < -0.4 is 5.32 Å². The van der Waals surface area contributed by atoms with Crippen LogP contribution in [0.2, 0.25) is 0 Å². The minimum Gasteiger partial charge on any atom is -0.343 e. The van der Waals surface area contributed by atoms with Gasteiger partial charge in [0.15, 0.2) is 0 Å². The Morgan fingerprint density at radius 1 is 1.10 bits per heavy atom. The lowest BCUT2D eigenvalue weighted by Gasteiger charge is -2.24. The molecule has 0 saturated heterocycles. The van der Waals surface area contributed by atoms with Gasteiger partial charge in [-0.05, 0) is 48.9 Å². The Balaban J connectivity index is 1.70. The molecule has 2 amide bonds. The molecule has 0 aromatic heterocycles. The molecular weight excluding hydrogens is 401 g/mol. The number of benzene rings is 2. The Morgan fingerprint density at radius 3 is 2.34 bits per heavy atom. The van der Waals surface area contributed by atoms with Gasteiger partial charge in [0, 0.05) is 23.0 Å². The number of hydrogen-bond acceptors (Lipinski definition) is 3. The second-order valence-electron chi connectivity index (χ2n) is 6.86. The van der Waals surface area contributed by atoms with Crippen molar-refractivity contribution in [2.24, 2.45) is 0 Å². The predicted octanol–water partition coefficient (Wildman–Crippen LogP) is 4.51.